The summed E-state index contributed by atoms with van der Waals surface area (Å²) in [4.78, 5) is 24.5. The summed E-state index contributed by atoms with van der Waals surface area (Å²) in [7, 11) is 0. The second kappa shape index (κ2) is 6.57. The Hall–Kier alpha value is -2.41. The van der Waals surface area contributed by atoms with Gasteiger partial charge in [-0.3, -0.25) is 10.1 Å². The zero-order chi connectivity index (χ0) is 16.3. The Balaban J connectivity index is 1.97. The van der Waals surface area contributed by atoms with Gasteiger partial charge in [-0.15, -0.1) is 11.3 Å². The first kappa shape index (κ1) is 16.0. The summed E-state index contributed by atoms with van der Waals surface area (Å²) in [5.74, 6) is 0. The summed E-state index contributed by atoms with van der Waals surface area (Å²) in [6, 6.07) is 7.32. The van der Waals surface area contributed by atoms with Crippen LogP contribution in [0.25, 0.3) is 0 Å². The smallest absolute Gasteiger partial charge is 0.319 e. The number of benzene rings is 1. The molecule has 22 heavy (non-hydrogen) atoms. The van der Waals surface area contributed by atoms with Crippen molar-refractivity contribution in [3.63, 3.8) is 0 Å². The highest BCUT2D eigenvalue weighted by atomic mass is 32.1. The van der Waals surface area contributed by atoms with Gasteiger partial charge in [-0.05, 0) is 44.5 Å². The number of nitro groups is 1. The van der Waals surface area contributed by atoms with Crippen LogP contribution in [0.1, 0.15) is 28.3 Å². The average molecular weight is 319 g/mol. The van der Waals surface area contributed by atoms with Crippen molar-refractivity contribution in [2.24, 2.45) is 0 Å². The Labute approximate surface area is 132 Å². The molecule has 0 aliphatic heterocycles. The van der Waals surface area contributed by atoms with E-state index in [1.807, 2.05) is 20.8 Å². The van der Waals surface area contributed by atoms with Crippen molar-refractivity contribution in [2.45, 2.75) is 26.8 Å². The van der Waals surface area contributed by atoms with E-state index in [4.69, 9.17) is 0 Å². The first-order valence-electron chi connectivity index (χ1n) is 6.75. The van der Waals surface area contributed by atoms with Gasteiger partial charge in [0.1, 0.15) is 0 Å². The molecule has 1 unspecified atom stereocenters. The lowest BCUT2D eigenvalue weighted by Crippen LogP contribution is -2.31. The largest absolute Gasteiger partial charge is 0.331 e. The SMILES string of the molecule is Cc1cc(C(C)NC(=O)Nc2ccc([N+](=O)[O-])cc2)c(C)s1. The monoisotopic (exact) mass is 319 g/mol. The van der Waals surface area contributed by atoms with Gasteiger partial charge in [0.25, 0.3) is 5.69 Å². The minimum atomic E-state index is -0.479. The molecule has 2 rings (SSSR count). The molecule has 0 radical (unpaired) electrons. The molecule has 0 saturated heterocycles. The number of hydrogen-bond donors (Lipinski definition) is 2. The van der Waals surface area contributed by atoms with Crippen LogP contribution in [0.2, 0.25) is 0 Å². The number of carbonyl (C=O) groups excluding carboxylic acids is 1. The second-order valence-electron chi connectivity index (χ2n) is 4.99. The molecule has 1 aromatic heterocycles. The van der Waals surface area contributed by atoms with Gasteiger partial charge in [0.15, 0.2) is 0 Å². The quantitative estimate of drug-likeness (QED) is 0.655. The van der Waals surface area contributed by atoms with Crippen LogP contribution in [0.5, 0.6) is 0 Å². The number of non-ortho nitro benzene ring substituents is 1. The van der Waals surface area contributed by atoms with Crippen molar-refractivity contribution in [2.75, 3.05) is 5.32 Å². The zero-order valence-corrected chi connectivity index (χ0v) is 13.4. The van der Waals surface area contributed by atoms with Crippen molar-refractivity contribution in [3.8, 4) is 0 Å². The molecule has 0 spiro atoms. The molecule has 2 aromatic rings. The van der Waals surface area contributed by atoms with Gasteiger partial charge in [0, 0.05) is 27.6 Å². The molecular formula is C15H17N3O3S. The number of rotatable bonds is 4. The van der Waals surface area contributed by atoms with Crippen LogP contribution in [-0.4, -0.2) is 11.0 Å². The van der Waals surface area contributed by atoms with E-state index in [9.17, 15) is 14.9 Å². The molecule has 7 heteroatoms. The van der Waals surface area contributed by atoms with E-state index < -0.39 is 4.92 Å². The van der Waals surface area contributed by atoms with Gasteiger partial charge in [0.2, 0.25) is 0 Å². The first-order valence-corrected chi connectivity index (χ1v) is 7.57. The van der Waals surface area contributed by atoms with Crippen LogP contribution in [0, 0.1) is 24.0 Å². The van der Waals surface area contributed by atoms with Crippen molar-refractivity contribution in [3.05, 3.63) is 55.8 Å². The lowest BCUT2D eigenvalue weighted by molar-refractivity contribution is -0.384. The van der Waals surface area contributed by atoms with Gasteiger partial charge in [-0.25, -0.2) is 4.79 Å². The lowest BCUT2D eigenvalue weighted by atomic mass is 10.1. The lowest BCUT2D eigenvalue weighted by Gasteiger charge is -2.14. The molecule has 0 bridgehead atoms. The van der Waals surface area contributed by atoms with Crippen molar-refractivity contribution >= 4 is 28.7 Å². The Morgan fingerprint density at radius 1 is 1.27 bits per heavy atom. The third-order valence-electron chi connectivity index (χ3n) is 3.23. The summed E-state index contributed by atoms with van der Waals surface area (Å²) >= 11 is 1.70. The van der Waals surface area contributed by atoms with Gasteiger partial charge in [0.05, 0.1) is 11.0 Å². The first-order chi connectivity index (χ1) is 10.4. The number of anilines is 1. The minimum Gasteiger partial charge on any atom is -0.331 e. The van der Waals surface area contributed by atoms with E-state index in [2.05, 4.69) is 16.7 Å². The summed E-state index contributed by atoms with van der Waals surface area (Å²) in [6.07, 6.45) is 0. The standard InChI is InChI=1S/C15H17N3O3S/c1-9-8-14(11(3)22-9)10(2)16-15(19)17-12-4-6-13(7-5-12)18(20)21/h4-8,10H,1-3H3,(H2,16,17,19). The normalized spacial score (nSPS) is 11.8. The summed E-state index contributed by atoms with van der Waals surface area (Å²) < 4.78 is 0. The number of nitrogens with one attached hydrogen (secondary N) is 2. The predicted molar refractivity (Wildman–Crippen MR) is 87.5 cm³/mol. The summed E-state index contributed by atoms with van der Waals surface area (Å²) in [5.41, 5.74) is 1.60. The molecule has 0 saturated carbocycles. The molecule has 1 aromatic carbocycles. The fourth-order valence-corrected chi connectivity index (χ4v) is 3.21. The van der Waals surface area contributed by atoms with E-state index in [1.54, 1.807) is 11.3 Å². The number of hydrogen-bond acceptors (Lipinski definition) is 4. The van der Waals surface area contributed by atoms with E-state index in [0.29, 0.717) is 5.69 Å². The Bertz CT molecular complexity index is 695. The number of aryl methyl sites for hydroxylation is 2. The third-order valence-corrected chi connectivity index (χ3v) is 4.21. The molecule has 0 fully saturated rings. The molecule has 0 aliphatic carbocycles. The number of thiophene rings is 1. The highest BCUT2D eigenvalue weighted by Gasteiger charge is 2.14. The Morgan fingerprint density at radius 2 is 1.91 bits per heavy atom. The molecule has 2 amide bonds. The van der Waals surface area contributed by atoms with Gasteiger partial charge >= 0.3 is 6.03 Å². The van der Waals surface area contributed by atoms with Gasteiger partial charge in [-0.1, -0.05) is 0 Å². The van der Waals surface area contributed by atoms with Crippen LogP contribution in [0.3, 0.4) is 0 Å². The molecule has 0 aliphatic rings. The van der Waals surface area contributed by atoms with Gasteiger partial charge < -0.3 is 10.6 Å². The number of urea groups is 1. The topological polar surface area (TPSA) is 84.3 Å². The number of nitrogens with zero attached hydrogens (tertiary/aromatic N) is 1. The Morgan fingerprint density at radius 3 is 2.41 bits per heavy atom. The van der Waals surface area contributed by atoms with Crippen LogP contribution in [0.4, 0.5) is 16.2 Å². The molecule has 116 valence electrons. The van der Waals surface area contributed by atoms with E-state index in [1.165, 1.54) is 34.0 Å². The third kappa shape index (κ3) is 3.82. The highest BCUT2D eigenvalue weighted by molar-refractivity contribution is 7.12. The van der Waals surface area contributed by atoms with Crippen LogP contribution >= 0.6 is 11.3 Å². The zero-order valence-electron chi connectivity index (χ0n) is 12.5. The Kier molecular flexibility index (Phi) is 4.77. The fraction of sp³-hybridized carbons (Fsp3) is 0.267. The number of carbonyl (C=O) groups is 1. The fourth-order valence-electron chi connectivity index (χ4n) is 2.19. The van der Waals surface area contributed by atoms with Crippen LogP contribution in [-0.2, 0) is 0 Å². The maximum absolute atomic E-state index is 12.0. The highest BCUT2D eigenvalue weighted by Crippen LogP contribution is 2.26. The number of amides is 2. The van der Waals surface area contributed by atoms with Crippen LogP contribution in [0.15, 0.2) is 30.3 Å². The average Bonchev–Trinajstić information content (AvgIpc) is 2.78. The molecule has 1 heterocycles. The minimum absolute atomic E-state index is 0.0105. The van der Waals surface area contributed by atoms with E-state index in [0.717, 1.165) is 5.56 Å². The van der Waals surface area contributed by atoms with Crippen molar-refractivity contribution in [1.29, 1.82) is 0 Å². The maximum Gasteiger partial charge on any atom is 0.319 e. The molecule has 2 N–H and O–H groups in total. The predicted octanol–water partition coefficient (Wildman–Crippen LogP) is 4.16. The summed E-state index contributed by atoms with van der Waals surface area (Å²) in [5, 5.41) is 16.1. The van der Waals surface area contributed by atoms with E-state index >= 15 is 0 Å². The molecular weight excluding hydrogens is 302 g/mol. The van der Waals surface area contributed by atoms with Crippen molar-refractivity contribution in [1.82, 2.24) is 5.32 Å². The number of nitro benzene ring substituents is 1. The van der Waals surface area contributed by atoms with Crippen molar-refractivity contribution < 1.29 is 9.72 Å². The maximum atomic E-state index is 12.0. The summed E-state index contributed by atoms with van der Waals surface area (Å²) in [6.45, 7) is 5.98. The second-order valence-corrected chi connectivity index (χ2v) is 6.45. The van der Waals surface area contributed by atoms with E-state index in [-0.39, 0.29) is 17.8 Å². The van der Waals surface area contributed by atoms with Gasteiger partial charge in [-0.2, -0.15) is 0 Å². The molecule has 1 atom stereocenters. The van der Waals surface area contributed by atoms with Crippen LogP contribution < -0.4 is 10.6 Å². The molecule has 6 nitrogen and oxygen atoms in total.